The lowest BCUT2D eigenvalue weighted by atomic mass is 9.99. The van der Waals surface area contributed by atoms with Crippen LogP contribution in [0.25, 0.3) is 0 Å². The normalized spacial score (nSPS) is 16.1. The molecule has 0 unspecified atom stereocenters. The molecule has 1 heterocycles. The molecule has 0 fully saturated rings. The number of rotatable bonds is 4. The van der Waals surface area contributed by atoms with Gasteiger partial charge >= 0.3 is 0 Å². The molecular weight excluding hydrogens is 306 g/mol. The van der Waals surface area contributed by atoms with Gasteiger partial charge in [-0.15, -0.1) is 11.8 Å². The Kier molecular flexibility index (Phi) is 4.26. The molecular formula is C19H19NO2S. The lowest BCUT2D eigenvalue weighted by Gasteiger charge is -2.07. The van der Waals surface area contributed by atoms with Gasteiger partial charge < -0.3 is 5.32 Å². The van der Waals surface area contributed by atoms with Crippen LogP contribution in [-0.2, 0) is 4.79 Å². The summed E-state index contributed by atoms with van der Waals surface area (Å²) in [6.45, 7) is 6.02. The number of amides is 1. The van der Waals surface area contributed by atoms with Gasteiger partial charge in [-0.25, -0.2) is 0 Å². The van der Waals surface area contributed by atoms with Gasteiger partial charge in [0, 0.05) is 16.1 Å². The van der Waals surface area contributed by atoms with E-state index >= 15 is 0 Å². The molecule has 4 heteroatoms. The van der Waals surface area contributed by atoms with E-state index in [1.54, 1.807) is 17.8 Å². The molecule has 3 nitrogen and oxygen atoms in total. The fourth-order valence-corrected chi connectivity index (χ4v) is 3.52. The fourth-order valence-electron chi connectivity index (χ4n) is 2.63. The minimum atomic E-state index is -0.190. The Morgan fingerprint density at radius 1 is 1.13 bits per heavy atom. The highest BCUT2D eigenvalue weighted by Gasteiger charge is 2.27. The molecule has 1 aliphatic rings. The van der Waals surface area contributed by atoms with Gasteiger partial charge in [0.25, 0.3) is 0 Å². The van der Waals surface area contributed by atoms with Crippen molar-refractivity contribution in [3.05, 3.63) is 58.7 Å². The van der Waals surface area contributed by atoms with Crippen molar-refractivity contribution < 1.29 is 9.59 Å². The SMILES string of the molecule is Cc1ccc(SCC(=O)c2ccc3c(c2)[C@H](C)C(=O)N3)cc1C. The van der Waals surface area contributed by atoms with E-state index in [1.165, 1.54) is 11.1 Å². The summed E-state index contributed by atoms with van der Waals surface area (Å²) in [6, 6.07) is 11.7. The first-order valence-electron chi connectivity index (χ1n) is 7.64. The number of anilines is 1. The van der Waals surface area contributed by atoms with Crippen molar-refractivity contribution in [2.24, 2.45) is 0 Å². The van der Waals surface area contributed by atoms with Crippen LogP contribution >= 0.6 is 11.8 Å². The summed E-state index contributed by atoms with van der Waals surface area (Å²) in [6.07, 6.45) is 0. The second-order valence-electron chi connectivity index (χ2n) is 5.97. The first-order valence-corrected chi connectivity index (χ1v) is 8.62. The molecule has 2 aromatic rings. The molecule has 0 aromatic heterocycles. The Hall–Kier alpha value is -2.07. The minimum Gasteiger partial charge on any atom is -0.325 e. The lowest BCUT2D eigenvalue weighted by Crippen LogP contribution is -2.08. The number of fused-ring (bicyclic) bond motifs is 1. The zero-order valence-corrected chi connectivity index (χ0v) is 14.3. The summed E-state index contributed by atoms with van der Waals surface area (Å²) in [7, 11) is 0. The number of aryl methyl sites for hydroxylation is 2. The number of Topliss-reactive ketones (excluding diaryl/α,β-unsaturated/α-hetero) is 1. The van der Waals surface area contributed by atoms with Gasteiger partial charge in [-0.2, -0.15) is 0 Å². The van der Waals surface area contributed by atoms with Crippen LogP contribution in [0.3, 0.4) is 0 Å². The molecule has 1 N–H and O–H groups in total. The summed E-state index contributed by atoms with van der Waals surface area (Å²) in [4.78, 5) is 25.2. The Morgan fingerprint density at radius 3 is 2.65 bits per heavy atom. The predicted octanol–water partition coefficient (Wildman–Crippen LogP) is 4.33. The Morgan fingerprint density at radius 2 is 1.91 bits per heavy atom. The van der Waals surface area contributed by atoms with Crippen molar-refractivity contribution in [3.8, 4) is 0 Å². The highest BCUT2D eigenvalue weighted by atomic mass is 32.2. The molecule has 0 bridgehead atoms. The van der Waals surface area contributed by atoms with Crippen LogP contribution in [0.1, 0.15) is 39.9 Å². The largest absolute Gasteiger partial charge is 0.325 e. The van der Waals surface area contributed by atoms with Crippen LogP contribution < -0.4 is 5.32 Å². The van der Waals surface area contributed by atoms with Crippen molar-refractivity contribution in [1.29, 1.82) is 0 Å². The van der Waals surface area contributed by atoms with Gasteiger partial charge in [-0.05, 0) is 67.8 Å². The summed E-state index contributed by atoms with van der Waals surface area (Å²) < 4.78 is 0. The fraction of sp³-hybridized carbons (Fsp3) is 0.263. The van der Waals surface area contributed by atoms with E-state index in [2.05, 4.69) is 31.3 Å². The third kappa shape index (κ3) is 3.17. The molecule has 1 aliphatic heterocycles. The van der Waals surface area contributed by atoms with Crippen LogP contribution in [0.4, 0.5) is 5.69 Å². The smallest absolute Gasteiger partial charge is 0.231 e. The van der Waals surface area contributed by atoms with Crippen molar-refractivity contribution in [2.45, 2.75) is 31.6 Å². The van der Waals surface area contributed by atoms with Crippen LogP contribution in [-0.4, -0.2) is 17.4 Å². The molecule has 1 amide bonds. The topological polar surface area (TPSA) is 46.2 Å². The second-order valence-corrected chi connectivity index (χ2v) is 7.02. The Balaban J connectivity index is 1.72. The van der Waals surface area contributed by atoms with Crippen molar-refractivity contribution in [3.63, 3.8) is 0 Å². The van der Waals surface area contributed by atoms with Crippen LogP contribution in [0, 0.1) is 13.8 Å². The highest BCUT2D eigenvalue weighted by molar-refractivity contribution is 8.00. The van der Waals surface area contributed by atoms with Crippen LogP contribution in [0.5, 0.6) is 0 Å². The molecule has 0 saturated carbocycles. The molecule has 23 heavy (non-hydrogen) atoms. The third-order valence-corrected chi connectivity index (χ3v) is 5.33. The molecule has 3 rings (SSSR count). The molecule has 118 valence electrons. The monoisotopic (exact) mass is 325 g/mol. The first kappa shape index (κ1) is 15.8. The molecule has 0 radical (unpaired) electrons. The maximum atomic E-state index is 12.4. The number of ketones is 1. The van der Waals surface area contributed by atoms with Gasteiger partial charge in [0.1, 0.15) is 0 Å². The molecule has 0 spiro atoms. The molecule has 2 aromatic carbocycles. The van der Waals surface area contributed by atoms with Crippen molar-refractivity contribution >= 4 is 29.1 Å². The van der Waals surface area contributed by atoms with E-state index in [1.807, 2.05) is 25.1 Å². The maximum Gasteiger partial charge on any atom is 0.231 e. The van der Waals surface area contributed by atoms with Crippen molar-refractivity contribution in [2.75, 3.05) is 11.1 Å². The van der Waals surface area contributed by atoms with E-state index in [0.717, 1.165) is 16.1 Å². The number of hydrogen-bond donors (Lipinski definition) is 1. The zero-order valence-electron chi connectivity index (χ0n) is 13.5. The van der Waals surface area contributed by atoms with Gasteiger partial charge in [0.2, 0.25) is 5.91 Å². The van der Waals surface area contributed by atoms with Crippen LogP contribution in [0.2, 0.25) is 0 Å². The van der Waals surface area contributed by atoms with E-state index < -0.39 is 0 Å². The van der Waals surface area contributed by atoms with E-state index in [0.29, 0.717) is 11.3 Å². The van der Waals surface area contributed by atoms with Crippen LogP contribution in [0.15, 0.2) is 41.3 Å². The van der Waals surface area contributed by atoms with Crippen molar-refractivity contribution in [1.82, 2.24) is 0 Å². The predicted molar refractivity (Wildman–Crippen MR) is 94.5 cm³/mol. The number of hydrogen-bond acceptors (Lipinski definition) is 3. The minimum absolute atomic E-state index is 0.00546. The summed E-state index contributed by atoms with van der Waals surface area (Å²) >= 11 is 1.55. The van der Waals surface area contributed by atoms with Gasteiger partial charge in [-0.3, -0.25) is 9.59 Å². The summed E-state index contributed by atoms with van der Waals surface area (Å²) in [5, 5.41) is 2.83. The van der Waals surface area contributed by atoms with Gasteiger partial charge in [0.15, 0.2) is 5.78 Å². The average Bonchev–Trinajstić information content (AvgIpc) is 2.82. The number of carbonyl (C=O) groups excluding carboxylic acids is 2. The summed E-state index contributed by atoms with van der Waals surface area (Å²) in [5.41, 5.74) is 4.89. The number of nitrogens with one attached hydrogen (secondary N) is 1. The standard InChI is InChI=1S/C19H19NO2S/c1-11-4-6-15(8-12(11)2)23-10-18(21)14-5-7-17-16(9-14)13(3)19(22)20-17/h4-9,13H,10H2,1-3H3,(H,20,22)/t13-/m0/s1. The highest BCUT2D eigenvalue weighted by Crippen LogP contribution is 2.33. The van der Waals surface area contributed by atoms with E-state index in [4.69, 9.17) is 0 Å². The van der Waals surface area contributed by atoms with E-state index in [9.17, 15) is 9.59 Å². The second kappa shape index (κ2) is 6.20. The Labute approximate surface area is 140 Å². The quantitative estimate of drug-likeness (QED) is 0.672. The van der Waals surface area contributed by atoms with Gasteiger partial charge in [-0.1, -0.05) is 6.07 Å². The number of thioether (sulfide) groups is 1. The number of carbonyl (C=O) groups is 2. The Bertz CT molecular complexity index is 798. The molecule has 0 saturated heterocycles. The summed E-state index contributed by atoms with van der Waals surface area (Å²) in [5.74, 6) is 0.290. The van der Waals surface area contributed by atoms with E-state index in [-0.39, 0.29) is 17.6 Å². The molecule has 1 atom stereocenters. The van der Waals surface area contributed by atoms with Gasteiger partial charge in [0.05, 0.1) is 11.7 Å². The average molecular weight is 325 g/mol. The lowest BCUT2D eigenvalue weighted by molar-refractivity contribution is -0.116. The zero-order chi connectivity index (χ0) is 16.6. The number of benzene rings is 2. The third-order valence-electron chi connectivity index (χ3n) is 4.34. The molecule has 0 aliphatic carbocycles. The maximum absolute atomic E-state index is 12.4. The first-order chi connectivity index (χ1) is 11.0.